The Labute approximate surface area is 162 Å². The van der Waals surface area contributed by atoms with Gasteiger partial charge < -0.3 is 14.9 Å². The fourth-order valence-corrected chi connectivity index (χ4v) is 3.51. The molecule has 1 amide bonds. The maximum atomic E-state index is 12.6. The number of primary amides is 1. The molecule has 0 bridgehead atoms. The molecule has 6 heteroatoms. The van der Waals surface area contributed by atoms with E-state index in [9.17, 15) is 14.4 Å². The van der Waals surface area contributed by atoms with Gasteiger partial charge in [0.1, 0.15) is 0 Å². The van der Waals surface area contributed by atoms with E-state index in [1.807, 2.05) is 60.0 Å². The van der Waals surface area contributed by atoms with Crippen LogP contribution in [0.2, 0.25) is 0 Å². The third-order valence-electron chi connectivity index (χ3n) is 4.90. The average molecular weight is 378 g/mol. The second kappa shape index (κ2) is 8.08. The van der Waals surface area contributed by atoms with Crippen LogP contribution in [0.25, 0.3) is 5.52 Å². The molecule has 0 spiro atoms. The zero-order valence-electron chi connectivity index (χ0n) is 15.9. The van der Waals surface area contributed by atoms with Crippen LogP contribution in [0.15, 0.2) is 48.7 Å². The van der Waals surface area contributed by atoms with Gasteiger partial charge in [0.25, 0.3) is 11.7 Å². The monoisotopic (exact) mass is 378 g/mol. The molecule has 2 aromatic heterocycles. The number of hydrogen-bond acceptors (Lipinski definition) is 4. The molecule has 28 heavy (non-hydrogen) atoms. The van der Waals surface area contributed by atoms with Gasteiger partial charge in [-0.1, -0.05) is 36.4 Å². The minimum atomic E-state index is -0.996. The van der Waals surface area contributed by atoms with Crippen molar-refractivity contribution in [1.82, 2.24) is 4.40 Å². The van der Waals surface area contributed by atoms with Crippen molar-refractivity contribution in [2.45, 2.75) is 26.2 Å². The summed E-state index contributed by atoms with van der Waals surface area (Å²) in [7, 11) is 1.34. The maximum Gasteiger partial charge on any atom is 0.305 e. The largest absolute Gasteiger partial charge is 0.469 e. The van der Waals surface area contributed by atoms with Crippen LogP contribution in [-0.4, -0.2) is 29.2 Å². The zero-order chi connectivity index (χ0) is 20.3. The van der Waals surface area contributed by atoms with Crippen molar-refractivity contribution >= 4 is 23.2 Å². The van der Waals surface area contributed by atoms with E-state index in [2.05, 4.69) is 0 Å². The van der Waals surface area contributed by atoms with Crippen molar-refractivity contribution in [3.05, 3.63) is 76.6 Å². The number of nitrogens with two attached hydrogens (primary N) is 1. The Balaban J connectivity index is 2.19. The van der Waals surface area contributed by atoms with Crippen LogP contribution in [0.5, 0.6) is 0 Å². The Morgan fingerprint density at radius 1 is 1.07 bits per heavy atom. The smallest absolute Gasteiger partial charge is 0.305 e. The lowest BCUT2D eigenvalue weighted by molar-refractivity contribution is -0.140. The quantitative estimate of drug-likeness (QED) is 0.389. The summed E-state index contributed by atoms with van der Waals surface area (Å²) in [4.78, 5) is 35.9. The van der Waals surface area contributed by atoms with Crippen molar-refractivity contribution in [1.29, 1.82) is 0 Å². The van der Waals surface area contributed by atoms with Gasteiger partial charge in [-0.3, -0.25) is 14.4 Å². The Bertz CT molecular complexity index is 1050. The van der Waals surface area contributed by atoms with Gasteiger partial charge in [-0.05, 0) is 36.1 Å². The minimum Gasteiger partial charge on any atom is -0.469 e. The molecule has 2 heterocycles. The number of hydrogen-bond donors (Lipinski definition) is 1. The van der Waals surface area contributed by atoms with Gasteiger partial charge in [0.15, 0.2) is 0 Å². The number of carbonyl (C=O) groups is 3. The van der Waals surface area contributed by atoms with Crippen LogP contribution in [0.4, 0.5) is 0 Å². The van der Waals surface area contributed by atoms with Crippen LogP contribution in [0.1, 0.15) is 39.2 Å². The molecule has 0 aliphatic carbocycles. The number of benzene rings is 1. The molecule has 0 fully saturated rings. The van der Waals surface area contributed by atoms with Gasteiger partial charge in [0, 0.05) is 24.7 Å². The normalized spacial score (nSPS) is 10.8. The van der Waals surface area contributed by atoms with Gasteiger partial charge in [0.2, 0.25) is 0 Å². The first-order chi connectivity index (χ1) is 13.4. The van der Waals surface area contributed by atoms with Crippen LogP contribution in [0, 0.1) is 6.92 Å². The molecule has 2 N–H and O–H groups in total. The lowest BCUT2D eigenvalue weighted by Crippen LogP contribution is -2.23. The van der Waals surface area contributed by atoms with Crippen molar-refractivity contribution in [3.8, 4) is 0 Å². The highest BCUT2D eigenvalue weighted by Gasteiger charge is 2.25. The number of esters is 1. The Morgan fingerprint density at radius 2 is 1.79 bits per heavy atom. The second-order valence-corrected chi connectivity index (χ2v) is 6.63. The summed E-state index contributed by atoms with van der Waals surface area (Å²) < 4.78 is 6.64. The molecule has 144 valence electrons. The molecule has 0 aliphatic heterocycles. The van der Waals surface area contributed by atoms with Crippen molar-refractivity contribution in [3.63, 3.8) is 0 Å². The molecule has 0 aliphatic rings. The van der Waals surface area contributed by atoms with Crippen molar-refractivity contribution < 1.29 is 19.1 Å². The molecule has 3 rings (SSSR count). The number of rotatable bonds is 7. The van der Waals surface area contributed by atoms with Crippen LogP contribution < -0.4 is 5.73 Å². The number of ether oxygens (including phenoxy) is 1. The first-order valence-electron chi connectivity index (χ1n) is 9.00. The molecule has 0 radical (unpaired) electrons. The number of nitrogens with zero attached hydrogens (tertiary/aromatic N) is 1. The molecule has 0 atom stereocenters. The minimum absolute atomic E-state index is 0.179. The predicted molar refractivity (Wildman–Crippen MR) is 105 cm³/mol. The Kier molecular flexibility index (Phi) is 5.59. The third kappa shape index (κ3) is 3.67. The first kappa shape index (κ1) is 19.4. The number of ketones is 1. The number of Topliss-reactive ketones (excluding diaryl/α,β-unsaturated/α-hetero) is 1. The topological polar surface area (TPSA) is 90.9 Å². The molecule has 0 saturated heterocycles. The molecule has 0 unspecified atom stereocenters. The van der Waals surface area contributed by atoms with E-state index in [-0.39, 0.29) is 12.4 Å². The fourth-order valence-electron chi connectivity index (χ4n) is 3.51. The van der Waals surface area contributed by atoms with Gasteiger partial charge in [0.05, 0.1) is 18.2 Å². The van der Waals surface area contributed by atoms with Crippen molar-refractivity contribution in [2.75, 3.05) is 7.11 Å². The number of aromatic nitrogens is 1. The van der Waals surface area contributed by atoms with E-state index in [1.165, 1.54) is 7.11 Å². The second-order valence-electron chi connectivity index (χ2n) is 6.63. The molecule has 6 nitrogen and oxygen atoms in total. The number of methoxy groups -OCH3 is 1. The Morgan fingerprint density at radius 3 is 2.43 bits per heavy atom. The first-order valence-corrected chi connectivity index (χ1v) is 9.00. The van der Waals surface area contributed by atoms with E-state index in [1.54, 1.807) is 0 Å². The SMILES string of the molecule is COC(=O)CCc1cccn2c(Cc3ccccc3)c(C)c(C(=O)C(N)=O)c12. The summed E-state index contributed by atoms with van der Waals surface area (Å²) in [5.74, 6) is -2.05. The van der Waals surface area contributed by atoms with E-state index in [0.29, 0.717) is 23.9 Å². The predicted octanol–water partition coefficient (Wildman–Crippen LogP) is 2.61. The highest BCUT2D eigenvalue weighted by molar-refractivity contribution is 6.44. The molecule has 1 aromatic carbocycles. The number of amides is 1. The zero-order valence-corrected chi connectivity index (χ0v) is 15.9. The van der Waals surface area contributed by atoms with Gasteiger partial charge >= 0.3 is 5.97 Å². The van der Waals surface area contributed by atoms with Gasteiger partial charge in [-0.15, -0.1) is 0 Å². The average Bonchev–Trinajstić information content (AvgIpc) is 2.98. The number of fused-ring (bicyclic) bond motifs is 1. The maximum absolute atomic E-state index is 12.6. The van der Waals surface area contributed by atoms with Crippen LogP contribution in [0.3, 0.4) is 0 Å². The summed E-state index contributed by atoms with van der Waals surface area (Å²) in [6, 6.07) is 13.6. The number of carbonyl (C=O) groups excluding carboxylic acids is 3. The Hall–Kier alpha value is -3.41. The van der Waals surface area contributed by atoms with E-state index < -0.39 is 11.7 Å². The van der Waals surface area contributed by atoms with E-state index in [0.717, 1.165) is 22.4 Å². The van der Waals surface area contributed by atoms with Gasteiger partial charge in [-0.2, -0.15) is 0 Å². The molecule has 3 aromatic rings. The number of aryl methyl sites for hydroxylation is 1. The van der Waals surface area contributed by atoms with E-state index in [4.69, 9.17) is 10.5 Å². The van der Waals surface area contributed by atoms with Crippen LogP contribution >= 0.6 is 0 Å². The highest BCUT2D eigenvalue weighted by Crippen LogP contribution is 2.29. The fraction of sp³-hybridized carbons (Fsp3) is 0.227. The molecular weight excluding hydrogens is 356 g/mol. The van der Waals surface area contributed by atoms with Crippen LogP contribution in [-0.2, 0) is 27.2 Å². The third-order valence-corrected chi connectivity index (χ3v) is 4.90. The summed E-state index contributed by atoms with van der Waals surface area (Å²) in [6.07, 6.45) is 3.03. The van der Waals surface area contributed by atoms with Crippen molar-refractivity contribution in [2.24, 2.45) is 5.73 Å². The number of pyridine rings is 1. The summed E-state index contributed by atoms with van der Waals surface area (Å²) >= 11 is 0. The molecular formula is C22H22N2O4. The van der Waals surface area contributed by atoms with E-state index >= 15 is 0 Å². The lowest BCUT2D eigenvalue weighted by atomic mass is 10.00. The summed E-state index contributed by atoms with van der Waals surface area (Å²) in [5.41, 5.74) is 9.75. The van der Waals surface area contributed by atoms with Gasteiger partial charge in [-0.25, -0.2) is 0 Å². The summed E-state index contributed by atoms with van der Waals surface area (Å²) in [5, 5.41) is 0. The molecule has 0 saturated carbocycles. The standard InChI is InChI=1S/C22H22N2O4/c1-14-17(13-15-7-4-3-5-8-15)24-12-6-9-16(10-11-18(25)28-2)20(24)19(14)21(26)22(23)27/h3-9,12H,10-11,13H2,1-2H3,(H2,23,27). The summed E-state index contributed by atoms with van der Waals surface area (Å²) in [6.45, 7) is 1.82. The lowest BCUT2D eigenvalue weighted by Gasteiger charge is -2.08. The highest BCUT2D eigenvalue weighted by atomic mass is 16.5.